The topological polar surface area (TPSA) is 157 Å². The molecule has 2 aromatic carbocycles. The number of benzene rings is 2. The second-order valence-corrected chi connectivity index (χ2v) is 23.0. The number of amides is 1. The maximum atomic E-state index is 15.1. The minimum atomic E-state index is -4.41. The van der Waals surface area contributed by atoms with Gasteiger partial charge < -0.3 is 29.3 Å². The summed E-state index contributed by atoms with van der Waals surface area (Å²) in [5.41, 5.74) is 0.799. The fourth-order valence-electron chi connectivity index (χ4n) is 9.08. The van der Waals surface area contributed by atoms with E-state index in [4.69, 9.17) is 47.4 Å². The number of Topliss-reactive ketones (excluding diaryl/α,β-unsaturated/α-hetero) is 1. The summed E-state index contributed by atoms with van der Waals surface area (Å²) in [4.78, 5) is 66.4. The van der Waals surface area contributed by atoms with Gasteiger partial charge in [-0.05, 0) is 81.5 Å². The Labute approximate surface area is 387 Å². The first-order chi connectivity index (χ1) is 30.2. The van der Waals surface area contributed by atoms with Gasteiger partial charge in [-0.2, -0.15) is 0 Å². The second kappa shape index (κ2) is 19.0. The molecule has 0 radical (unpaired) electrons. The van der Waals surface area contributed by atoms with E-state index in [1.807, 2.05) is 46.1 Å². The molecule has 2 saturated carbocycles. The number of ether oxygens (including phenoxy) is 3. The molecule has 3 fully saturated rings. The number of fused-ring (bicyclic) bond motifs is 1. The predicted octanol–water partition coefficient (Wildman–Crippen LogP) is 10.9. The van der Waals surface area contributed by atoms with Crippen LogP contribution < -0.4 is 14.8 Å². The second-order valence-electron chi connectivity index (χ2n) is 18.7. The molecular formula is C47H56Cl2FN4O8PS. The fourth-order valence-corrected chi connectivity index (χ4v) is 13.0. The van der Waals surface area contributed by atoms with Crippen molar-refractivity contribution in [3.8, 4) is 22.9 Å². The van der Waals surface area contributed by atoms with Crippen molar-refractivity contribution in [3.63, 3.8) is 0 Å². The van der Waals surface area contributed by atoms with Crippen molar-refractivity contribution in [2.75, 3.05) is 19.0 Å². The average Bonchev–Trinajstić information content (AvgIpc) is 3.63. The zero-order chi connectivity index (χ0) is 46.3. The molecule has 17 heteroatoms. The fraction of sp³-hybridized carbons (Fsp3) is 0.511. The van der Waals surface area contributed by atoms with Crippen molar-refractivity contribution >= 4 is 75.6 Å². The van der Waals surface area contributed by atoms with Gasteiger partial charge in [0.2, 0.25) is 13.3 Å². The van der Waals surface area contributed by atoms with E-state index in [9.17, 15) is 19.0 Å². The van der Waals surface area contributed by atoms with E-state index in [1.54, 1.807) is 25.3 Å². The SMILES string of the molecule is C=C[C@@H]1C[C@]1(CC(=O)[C@@H]1C[C@@H](Oc2cc(-c3csc(NC(C)C)n3)nc3cc(OC)ccc23)CN1C(=O)[C@@H](CC(=O)OC1CCCC1)C(C)(C)C)P(=O)(O)Cc1c(F)ccc(Cl)c1Cl. The average molecular weight is 958 g/mol. The Kier molecular flexibility index (Phi) is 14.2. The van der Waals surface area contributed by atoms with Crippen molar-refractivity contribution < 1.29 is 42.4 Å². The maximum Gasteiger partial charge on any atom is 0.306 e. The van der Waals surface area contributed by atoms with Gasteiger partial charge >= 0.3 is 5.97 Å². The van der Waals surface area contributed by atoms with Crippen molar-refractivity contribution in [2.24, 2.45) is 17.3 Å². The number of esters is 1. The first kappa shape index (κ1) is 47.9. The first-order valence-corrected chi connectivity index (χ1v) is 25.2. The summed E-state index contributed by atoms with van der Waals surface area (Å²) in [7, 11) is -2.85. The molecule has 2 aromatic heterocycles. The van der Waals surface area contributed by atoms with Crippen molar-refractivity contribution in [1.29, 1.82) is 0 Å². The van der Waals surface area contributed by atoms with Gasteiger partial charge in [-0.1, -0.05) is 50.0 Å². The summed E-state index contributed by atoms with van der Waals surface area (Å²) in [5.74, 6) is -2.55. The molecule has 0 spiro atoms. The van der Waals surface area contributed by atoms with Crippen molar-refractivity contribution in [3.05, 3.63) is 75.9 Å². The quantitative estimate of drug-likeness (QED) is 0.0449. The number of hydrogen-bond acceptors (Lipinski definition) is 11. The Morgan fingerprint density at radius 3 is 2.50 bits per heavy atom. The number of halogens is 3. The molecule has 1 aliphatic heterocycles. The van der Waals surface area contributed by atoms with Crippen molar-refractivity contribution in [1.82, 2.24) is 14.9 Å². The number of nitrogens with zero attached hydrogens (tertiary/aromatic N) is 3. The zero-order valence-electron chi connectivity index (χ0n) is 37.0. The smallest absolute Gasteiger partial charge is 0.306 e. The first-order valence-electron chi connectivity index (χ1n) is 21.7. The molecule has 3 heterocycles. The standard InChI is InChI=1S/C47H56Cl2FN4O8PS/c1-8-27-21-47(27,63(58,59)24-32-35(50)16-15-34(48)43(32)49)22-40(55)39-18-30(23-54(39)44(57)33(46(4,5)6)19-42(56)62-28-11-9-10-12-28)61-41-20-37(38-25-64-45(53-38)51-26(2)3)52-36-17-29(60-7)13-14-31(36)41/h8,13-17,20,25-28,30,33,39H,1,9-12,18-19,21-24H2,2-7H3,(H,51,53)(H,58,59)/t27-,30-,33-,39+,47-/m1/s1. The van der Waals surface area contributed by atoms with Crippen LogP contribution in [0.5, 0.6) is 11.5 Å². The largest absolute Gasteiger partial charge is 0.497 e. The molecular weight excluding hydrogens is 901 g/mol. The highest BCUT2D eigenvalue weighted by atomic mass is 35.5. The molecule has 12 nitrogen and oxygen atoms in total. The third-order valence-corrected chi connectivity index (χ3v) is 17.2. The maximum absolute atomic E-state index is 15.1. The van der Waals surface area contributed by atoms with Gasteiger partial charge in [0.1, 0.15) is 35.2 Å². The Hall–Kier alpha value is -4.07. The molecule has 344 valence electrons. The van der Waals surface area contributed by atoms with Crippen LogP contribution in [-0.4, -0.2) is 80.5 Å². The predicted molar refractivity (Wildman–Crippen MR) is 249 cm³/mol. The van der Waals surface area contributed by atoms with E-state index in [-0.39, 0.29) is 53.6 Å². The summed E-state index contributed by atoms with van der Waals surface area (Å²) in [6.45, 7) is 13.5. The van der Waals surface area contributed by atoms with Crippen LogP contribution in [0.15, 0.2) is 54.4 Å². The number of methoxy groups -OCH3 is 1. The number of allylic oxidation sites excluding steroid dienone is 1. The number of anilines is 1. The van der Waals surface area contributed by atoms with Crippen LogP contribution in [0.4, 0.5) is 9.52 Å². The lowest BCUT2D eigenvalue weighted by Gasteiger charge is -2.35. The lowest BCUT2D eigenvalue weighted by molar-refractivity contribution is -0.156. The van der Waals surface area contributed by atoms with E-state index < -0.39 is 78.0 Å². The van der Waals surface area contributed by atoms with Crippen LogP contribution in [0.2, 0.25) is 10.0 Å². The van der Waals surface area contributed by atoms with Gasteiger partial charge in [-0.15, -0.1) is 17.9 Å². The van der Waals surface area contributed by atoms with Crippen LogP contribution in [0.25, 0.3) is 22.3 Å². The molecule has 64 heavy (non-hydrogen) atoms. The molecule has 1 saturated heterocycles. The molecule has 2 aliphatic carbocycles. The molecule has 7 rings (SSSR count). The number of thiazole rings is 1. The van der Waals surface area contributed by atoms with Crippen molar-refractivity contribution in [2.45, 2.75) is 122 Å². The summed E-state index contributed by atoms with van der Waals surface area (Å²) in [5, 5.41) is 4.98. The highest BCUT2D eigenvalue weighted by Crippen LogP contribution is 2.74. The Morgan fingerprint density at radius 1 is 1.11 bits per heavy atom. The Bertz CT molecular complexity index is 2490. The number of hydrogen-bond donors (Lipinski definition) is 2. The lowest BCUT2D eigenvalue weighted by atomic mass is 9.77. The molecule has 2 N–H and O–H groups in total. The molecule has 3 aliphatic rings. The van der Waals surface area contributed by atoms with Crippen LogP contribution >= 0.6 is 41.9 Å². The van der Waals surface area contributed by atoms with Gasteiger partial charge in [0.25, 0.3) is 0 Å². The van der Waals surface area contributed by atoms with E-state index in [0.29, 0.717) is 33.8 Å². The highest BCUT2D eigenvalue weighted by molar-refractivity contribution is 7.59. The minimum Gasteiger partial charge on any atom is -0.497 e. The summed E-state index contributed by atoms with van der Waals surface area (Å²) in [6.07, 6.45) is 3.04. The number of pyridine rings is 1. The highest BCUT2D eigenvalue weighted by Gasteiger charge is 2.65. The van der Waals surface area contributed by atoms with Crippen LogP contribution in [0.3, 0.4) is 0 Å². The third kappa shape index (κ3) is 10.2. The zero-order valence-corrected chi connectivity index (χ0v) is 40.2. The number of rotatable bonds is 17. The number of likely N-dealkylation sites (tertiary alicyclic amines) is 1. The summed E-state index contributed by atoms with van der Waals surface area (Å²) >= 11 is 14.0. The van der Waals surface area contributed by atoms with Crippen LogP contribution in [-0.2, 0) is 29.8 Å². The normalized spacial score (nSPS) is 22.6. The third-order valence-electron chi connectivity index (χ3n) is 12.8. The number of ketones is 1. The van der Waals surface area contributed by atoms with Crippen LogP contribution in [0.1, 0.15) is 91.5 Å². The number of carbonyl (C=O) groups is 3. The Balaban J connectivity index is 1.23. The lowest BCUT2D eigenvalue weighted by Crippen LogP contribution is -2.48. The molecule has 1 amide bonds. The van der Waals surface area contributed by atoms with E-state index in [2.05, 4.69) is 11.9 Å². The Morgan fingerprint density at radius 2 is 1.84 bits per heavy atom. The van der Waals surface area contributed by atoms with Gasteiger partial charge in [0, 0.05) is 47.3 Å². The van der Waals surface area contributed by atoms with Gasteiger partial charge in [0.05, 0.1) is 64.6 Å². The minimum absolute atomic E-state index is 0.0219. The molecule has 6 atom stereocenters. The van der Waals surface area contributed by atoms with Crippen LogP contribution in [0, 0.1) is 23.1 Å². The summed E-state index contributed by atoms with van der Waals surface area (Å²) in [6, 6.07) is 8.62. The number of aromatic nitrogens is 2. The van der Waals surface area contributed by atoms with E-state index in [1.165, 1.54) is 28.4 Å². The van der Waals surface area contributed by atoms with Gasteiger partial charge in [-0.25, -0.2) is 14.4 Å². The number of carbonyl (C=O) groups excluding carboxylic acids is 3. The van der Waals surface area contributed by atoms with Gasteiger partial charge in [-0.3, -0.25) is 18.9 Å². The summed E-state index contributed by atoms with van der Waals surface area (Å²) < 4.78 is 47.8. The van der Waals surface area contributed by atoms with E-state index >= 15 is 9.18 Å². The van der Waals surface area contributed by atoms with E-state index in [0.717, 1.165) is 36.9 Å². The monoisotopic (exact) mass is 956 g/mol. The van der Waals surface area contributed by atoms with Gasteiger partial charge in [0.15, 0.2) is 10.9 Å². The molecule has 1 unspecified atom stereocenters. The molecule has 4 aromatic rings. The number of nitrogens with one attached hydrogen (secondary N) is 1. The molecule has 0 bridgehead atoms.